The van der Waals surface area contributed by atoms with Crippen LogP contribution in [0.1, 0.15) is 226 Å². The van der Waals surface area contributed by atoms with Crippen LogP contribution in [-0.4, -0.2) is 37.2 Å². The first kappa shape index (κ1) is 52.4. The Bertz CT molecular complexity index is 980. The molecule has 0 spiro atoms. The van der Waals surface area contributed by atoms with Gasteiger partial charge >= 0.3 is 17.9 Å². The van der Waals surface area contributed by atoms with Crippen LogP contribution >= 0.6 is 0 Å². The molecule has 55 heavy (non-hydrogen) atoms. The molecule has 1 atom stereocenters. The van der Waals surface area contributed by atoms with Crippen LogP contribution in [0.3, 0.4) is 0 Å². The average Bonchev–Trinajstić information content (AvgIpc) is 3.18. The van der Waals surface area contributed by atoms with E-state index in [4.69, 9.17) is 14.2 Å². The Morgan fingerprint density at radius 3 is 1.18 bits per heavy atom. The minimum atomic E-state index is -0.776. The Kier molecular flexibility index (Phi) is 42.0. The molecule has 0 fully saturated rings. The monoisotopic (exact) mass is 771 g/mol. The Labute approximate surface area is 339 Å². The van der Waals surface area contributed by atoms with E-state index in [-0.39, 0.29) is 31.1 Å². The zero-order valence-corrected chi connectivity index (χ0v) is 36.2. The molecule has 0 aromatic carbocycles. The molecular formula is C49H86O6. The molecule has 0 bridgehead atoms. The quantitative estimate of drug-likeness (QED) is 0.0267. The highest BCUT2D eigenvalue weighted by molar-refractivity contribution is 5.71. The first-order valence-corrected chi connectivity index (χ1v) is 23.1. The lowest BCUT2D eigenvalue weighted by atomic mass is 10.1. The third-order valence-corrected chi connectivity index (χ3v) is 9.82. The zero-order chi connectivity index (χ0) is 40.1. The largest absolute Gasteiger partial charge is 0.462 e. The van der Waals surface area contributed by atoms with E-state index in [2.05, 4.69) is 69.4 Å². The maximum atomic E-state index is 12.7. The Morgan fingerprint density at radius 1 is 0.382 bits per heavy atom. The topological polar surface area (TPSA) is 78.9 Å². The van der Waals surface area contributed by atoms with Crippen molar-refractivity contribution in [2.24, 2.45) is 0 Å². The van der Waals surface area contributed by atoms with E-state index in [9.17, 15) is 14.4 Å². The van der Waals surface area contributed by atoms with E-state index in [0.717, 1.165) is 96.3 Å². The Morgan fingerprint density at radius 2 is 0.727 bits per heavy atom. The van der Waals surface area contributed by atoms with E-state index >= 15 is 0 Å². The van der Waals surface area contributed by atoms with Crippen molar-refractivity contribution in [2.45, 2.75) is 232 Å². The van der Waals surface area contributed by atoms with Gasteiger partial charge in [-0.1, -0.05) is 185 Å². The third-order valence-electron chi connectivity index (χ3n) is 9.82. The van der Waals surface area contributed by atoms with Crippen molar-refractivity contribution in [3.05, 3.63) is 48.6 Å². The van der Waals surface area contributed by atoms with Gasteiger partial charge in [0.1, 0.15) is 13.2 Å². The normalized spacial score (nSPS) is 12.4. The summed E-state index contributed by atoms with van der Waals surface area (Å²) in [4.78, 5) is 37.7. The molecule has 6 heteroatoms. The molecule has 1 unspecified atom stereocenters. The van der Waals surface area contributed by atoms with Gasteiger partial charge in [-0.05, 0) is 70.6 Å². The molecule has 0 aromatic heterocycles. The Balaban J connectivity index is 4.33. The summed E-state index contributed by atoms with van der Waals surface area (Å²) in [6.45, 7) is 6.45. The molecule has 0 amide bonds. The van der Waals surface area contributed by atoms with Gasteiger partial charge in [0.25, 0.3) is 0 Å². The standard InChI is InChI=1S/C49H86O6/c1-4-7-10-13-16-19-21-22-23-24-25-26-28-30-33-36-39-42-48(51)54-45-46(44-53-47(50)41-38-35-32-29-18-15-12-9-6-3)55-49(52)43-40-37-34-31-27-20-17-14-11-8-5-2/h7,10,14,16-17,19,22-23,46H,4-6,8-9,11-13,15,18,20-21,24-45H2,1-3H3/b10-7-,17-14-,19-16-,23-22-. The van der Waals surface area contributed by atoms with Crippen LogP contribution in [-0.2, 0) is 28.6 Å². The van der Waals surface area contributed by atoms with Crippen LogP contribution < -0.4 is 0 Å². The number of allylic oxidation sites excluding steroid dienone is 8. The van der Waals surface area contributed by atoms with Gasteiger partial charge in [0.05, 0.1) is 0 Å². The van der Waals surface area contributed by atoms with Gasteiger partial charge in [0.15, 0.2) is 6.10 Å². The van der Waals surface area contributed by atoms with Crippen LogP contribution in [0.25, 0.3) is 0 Å². The van der Waals surface area contributed by atoms with Gasteiger partial charge < -0.3 is 14.2 Å². The first-order chi connectivity index (χ1) is 27.0. The second-order valence-corrected chi connectivity index (χ2v) is 15.3. The SMILES string of the molecule is CC/C=C\C/C=C\C/C=C\CCCCCCCCCC(=O)OCC(COC(=O)CCCCCCCCCCC)OC(=O)CCCCCCC/C=C\CCCC. The van der Waals surface area contributed by atoms with Gasteiger partial charge in [-0.25, -0.2) is 0 Å². The Hall–Kier alpha value is -2.63. The lowest BCUT2D eigenvalue weighted by Gasteiger charge is -2.18. The van der Waals surface area contributed by atoms with Crippen molar-refractivity contribution in [3.63, 3.8) is 0 Å². The minimum absolute atomic E-state index is 0.0785. The van der Waals surface area contributed by atoms with Gasteiger partial charge in [0, 0.05) is 19.3 Å². The van der Waals surface area contributed by atoms with E-state index < -0.39 is 6.10 Å². The number of unbranched alkanes of at least 4 members (excludes halogenated alkanes) is 22. The maximum absolute atomic E-state index is 12.7. The number of hydrogen-bond donors (Lipinski definition) is 0. The van der Waals surface area contributed by atoms with Crippen molar-refractivity contribution in [1.29, 1.82) is 0 Å². The highest BCUT2D eigenvalue weighted by Crippen LogP contribution is 2.14. The second kappa shape index (κ2) is 44.1. The van der Waals surface area contributed by atoms with E-state index in [1.807, 2.05) is 0 Å². The molecule has 6 nitrogen and oxygen atoms in total. The van der Waals surface area contributed by atoms with Crippen molar-refractivity contribution in [3.8, 4) is 0 Å². The molecule has 0 heterocycles. The van der Waals surface area contributed by atoms with E-state index in [1.54, 1.807) is 0 Å². The number of rotatable bonds is 41. The van der Waals surface area contributed by atoms with Gasteiger partial charge in [-0.15, -0.1) is 0 Å². The van der Waals surface area contributed by atoms with Crippen LogP contribution in [0.5, 0.6) is 0 Å². The summed E-state index contributed by atoms with van der Waals surface area (Å²) in [6, 6.07) is 0. The predicted octanol–water partition coefficient (Wildman–Crippen LogP) is 14.8. The first-order valence-electron chi connectivity index (χ1n) is 23.1. The molecule has 0 rings (SSSR count). The molecule has 0 aliphatic rings. The summed E-state index contributed by atoms with van der Waals surface area (Å²) < 4.78 is 16.7. The molecule has 0 aliphatic heterocycles. The molecular weight excluding hydrogens is 685 g/mol. The number of hydrogen-bond acceptors (Lipinski definition) is 6. The fraction of sp³-hybridized carbons (Fsp3) is 0.776. The molecule has 0 aliphatic carbocycles. The number of esters is 3. The van der Waals surface area contributed by atoms with Gasteiger partial charge in [-0.2, -0.15) is 0 Å². The zero-order valence-electron chi connectivity index (χ0n) is 36.2. The highest BCUT2D eigenvalue weighted by Gasteiger charge is 2.19. The summed E-state index contributed by atoms with van der Waals surface area (Å²) in [5.41, 5.74) is 0. The van der Waals surface area contributed by atoms with Crippen molar-refractivity contribution >= 4 is 17.9 Å². The van der Waals surface area contributed by atoms with E-state index in [0.29, 0.717) is 19.3 Å². The fourth-order valence-electron chi connectivity index (χ4n) is 6.32. The molecule has 0 saturated heterocycles. The minimum Gasteiger partial charge on any atom is -0.462 e. The molecule has 0 saturated carbocycles. The highest BCUT2D eigenvalue weighted by atomic mass is 16.6. The average molecular weight is 771 g/mol. The van der Waals surface area contributed by atoms with Gasteiger partial charge in [-0.3, -0.25) is 14.4 Å². The summed E-state index contributed by atoms with van der Waals surface area (Å²) in [5, 5.41) is 0. The van der Waals surface area contributed by atoms with Crippen LogP contribution in [0.2, 0.25) is 0 Å². The summed E-state index contributed by atoms with van der Waals surface area (Å²) >= 11 is 0. The van der Waals surface area contributed by atoms with Crippen molar-refractivity contribution in [1.82, 2.24) is 0 Å². The lowest BCUT2D eigenvalue weighted by molar-refractivity contribution is -0.167. The smallest absolute Gasteiger partial charge is 0.306 e. The second-order valence-electron chi connectivity index (χ2n) is 15.3. The predicted molar refractivity (Wildman–Crippen MR) is 233 cm³/mol. The summed E-state index contributed by atoms with van der Waals surface area (Å²) in [6.07, 6.45) is 50.9. The fourth-order valence-corrected chi connectivity index (χ4v) is 6.32. The van der Waals surface area contributed by atoms with Crippen LogP contribution in [0.4, 0.5) is 0 Å². The molecule has 0 radical (unpaired) electrons. The van der Waals surface area contributed by atoms with Crippen LogP contribution in [0, 0.1) is 0 Å². The number of carbonyl (C=O) groups excluding carboxylic acids is 3. The van der Waals surface area contributed by atoms with Crippen molar-refractivity contribution < 1.29 is 28.6 Å². The van der Waals surface area contributed by atoms with E-state index in [1.165, 1.54) is 89.9 Å². The van der Waals surface area contributed by atoms with Gasteiger partial charge in [0.2, 0.25) is 0 Å². The maximum Gasteiger partial charge on any atom is 0.306 e. The summed E-state index contributed by atoms with van der Waals surface area (Å²) in [5.74, 6) is -0.901. The van der Waals surface area contributed by atoms with Crippen molar-refractivity contribution in [2.75, 3.05) is 13.2 Å². The molecule has 0 aromatic rings. The number of carbonyl (C=O) groups is 3. The third kappa shape index (κ3) is 42.4. The summed E-state index contributed by atoms with van der Waals surface area (Å²) in [7, 11) is 0. The molecule has 0 N–H and O–H groups in total. The molecule has 318 valence electrons. The van der Waals surface area contributed by atoms with Crippen LogP contribution in [0.15, 0.2) is 48.6 Å². The lowest BCUT2D eigenvalue weighted by Crippen LogP contribution is -2.30. The number of ether oxygens (including phenoxy) is 3.